The Hall–Kier alpha value is -1.52. The number of esters is 2. The summed E-state index contributed by atoms with van der Waals surface area (Å²) in [6.45, 7) is 9.88. The number of hydrogen-bond acceptors (Lipinski definition) is 6. The fourth-order valence-corrected chi connectivity index (χ4v) is 1.44. The van der Waals surface area contributed by atoms with Gasteiger partial charge in [-0.15, -0.1) is 4.52 Å². The Kier molecular flexibility index (Phi) is 8.66. The lowest BCUT2D eigenvalue weighted by Crippen LogP contribution is -2.10. The molecule has 0 fully saturated rings. The van der Waals surface area contributed by atoms with Crippen LogP contribution >= 0.6 is 8.03 Å². The van der Waals surface area contributed by atoms with Crippen molar-refractivity contribution in [2.24, 2.45) is 0 Å². The molecule has 6 nitrogen and oxygen atoms in total. The van der Waals surface area contributed by atoms with Crippen LogP contribution in [0.2, 0.25) is 0 Å². The molecule has 0 aliphatic rings. The second-order valence-corrected chi connectivity index (χ2v) is 5.09. The Morgan fingerprint density at radius 1 is 0.947 bits per heavy atom. The van der Waals surface area contributed by atoms with Crippen LogP contribution in [0.25, 0.3) is 0 Å². The summed E-state index contributed by atoms with van der Waals surface area (Å²) in [5.41, 5.74) is 0.568. The van der Waals surface area contributed by atoms with Crippen molar-refractivity contribution in [2.75, 3.05) is 26.0 Å². The van der Waals surface area contributed by atoms with E-state index in [1.54, 1.807) is 0 Å². The highest BCUT2D eigenvalue weighted by Crippen LogP contribution is 2.21. The molecule has 19 heavy (non-hydrogen) atoms. The van der Waals surface area contributed by atoms with Crippen molar-refractivity contribution in [2.45, 2.75) is 13.8 Å². The Bertz CT molecular complexity index is 388. The number of hydrogen-bond donors (Lipinski definition) is 0. The molecule has 0 spiro atoms. The average molecular weight is 289 g/mol. The maximum absolute atomic E-state index is 11.3. The van der Waals surface area contributed by atoms with E-state index in [2.05, 4.69) is 13.2 Å². The van der Waals surface area contributed by atoms with Crippen LogP contribution < -0.4 is 0 Å². The second-order valence-electron chi connectivity index (χ2n) is 3.72. The van der Waals surface area contributed by atoms with Crippen LogP contribution in [-0.4, -0.2) is 37.9 Å². The van der Waals surface area contributed by atoms with E-state index in [-0.39, 0.29) is 37.1 Å². The molecule has 0 heterocycles. The lowest BCUT2D eigenvalue weighted by molar-refractivity contribution is -0.140. The predicted octanol–water partition coefficient (Wildman–Crippen LogP) is 1.98. The third-order valence-electron chi connectivity index (χ3n) is 1.76. The molecule has 0 saturated heterocycles. The van der Waals surface area contributed by atoms with E-state index >= 15 is 0 Å². The summed E-state index contributed by atoms with van der Waals surface area (Å²) >= 11 is 0. The van der Waals surface area contributed by atoms with E-state index in [4.69, 9.17) is 14.0 Å². The van der Waals surface area contributed by atoms with Crippen molar-refractivity contribution in [1.29, 1.82) is 0 Å². The summed E-state index contributed by atoms with van der Waals surface area (Å²) in [4.78, 5) is 22.0. The van der Waals surface area contributed by atoms with E-state index in [9.17, 15) is 14.2 Å². The Balaban J connectivity index is 3.60. The molecule has 0 N–H and O–H groups in total. The van der Waals surface area contributed by atoms with E-state index in [1.807, 2.05) is 0 Å². The van der Waals surface area contributed by atoms with Crippen molar-refractivity contribution in [3.8, 4) is 0 Å². The molecular formula is C12H18O6P+. The summed E-state index contributed by atoms with van der Waals surface area (Å²) in [5, 5.41) is 0. The molecule has 0 amide bonds. The minimum atomic E-state index is -1.95. The molecule has 7 heteroatoms. The third kappa shape index (κ3) is 9.11. The SMILES string of the molecule is C=C(C)C(=O)OCCO[P+](=O)CCOC(=O)C(=C)C. The second kappa shape index (κ2) is 9.42. The normalized spacial score (nSPS) is 10.5. The first-order valence-electron chi connectivity index (χ1n) is 5.57. The standard InChI is InChI=1S/C12H18O6P/c1-9(2)11(13)16-5-6-18-19(15)8-7-17-12(14)10(3)4/h1,3,5-8H2,2,4H3/q+1. The number of rotatable bonds is 9. The van der Waals surface area contributed by atoms with Crippen LogP contribution in [0.3, 0.4) is 0 Å². The first-order valence-corrected chi connectivity index (χ1v) is 6.93. The molecule has 0 aliphatic carbocycles. The van der Waals surface area contributed by atoms with Crippen molar-refractivity contribution in [1.82, 2.24) is 0 Å². The summed E-state index contributed by atoms with van der Waals surface area (Å²) in [7, 11) is -1.95. The van der Waals surface area contributed by atoms with Gasteiger partial charge in [-0.3, -0.25) is 0 Å². The van der Waals surface area contributed by atoms with E-state index in [0.717, 1.165) is 0 Å². The van der Waals surface area contributed by atoms with E-state index in [0.29, 0.717) is 0 Å². The number of ether oxygens (including phenoxy) is 2. The fourth-order valence-electron chi connectivity index (χ4n) is 0.797. The lowest BCUT2D eigenvalue weighted by Gasteiger charge is -2.01. The Morgan fingerprint density at radius 2 is 1.42 bits per heavy atom. The third-order valence-corrected chi connectivity index (χ3v) is 2.77. The van der Waals surface area contributed by atoms with E-state index < -0.39 is 20.0 Å². The number of carbonyl (C=O) groups is 2. The Morgan fingerprint density at radius 3 is 1.89 bits per heavy atom. The van der Waals surface area contributed by atoms with Crippen LogP contribution in [0, 0.1) is 0 Å². The van der Waals surface area contributed by atoms with Gasteiger partial charge < -0.3 is 9.47 Å². The minimum absolute atomic E-state index is 0.00167. The van der Waals surface area contributed by atoms with Crippen molar-refractivity contribution < 1.29 is 28.2 Å². The van der Waals surface area contributed by atoms with Gasteiger partial charge in [-0.1, -0.05) is 13.2 Å². The van der Waals surface area contributed by atoms with Gasteiger partial charge in [0.2, 0.25) is 6.16 Å². The van der Waals surface area contributed by atoms with Gasteiger partial charge in [-0.05, 0) is 18.4 Å². The van der Waals surface area contributed by atoms with Crippen LogP contribution in [0.5, 0.6) is 0 Å². The lowest BCUT2D eigenvalue weighted by atomic mass is 10.4. The zero-order chi connectivity index (χ0) is 14.8. The largest absolute Gasteiger partial charge is 0.511 e. The molecule has 0 aromatic heterocycles. The van der Waals surface area contributed by atoms with Gasteiger partial charge in [0.1, 0.15) is 19.8 Å². The van der Waals surface area contributed by atoms with Crippen LogP contribution in [-0.2, 0) is 28.2 Å². The first-order chi connectivity index (χ1) is 8.84. The first kappa shape index (κ1) is 17.5. The van der Waals surface area contributed by atoms with Crippen molar-refractivity contribution in [3.63, 3.8) is 0 Å². The molecule has 106 valence electrons. The highest BCUT2D eigenvalue weighted by molar-refractivity contribution is 7.39. The summed E-state index contributed by atoms with van der Waals surface area (Å²) in [5.74, 6) is -1.05. The zero-order valence-electron chi connectivity index (χ0n) is 11.1. The highest BCUT2D eigenvalue weighted by atomic mass is 31.1. The Labute approximate surface area is 113 Å². The molecule has 1 atom stereocenters. The van der Waals surface area contributed by atoms with Gasteiger partial charge in [0.25, 0.3) is 0 Å². The van der Waals surface area contributed by atoms with Gasteiger partial charge in [-0.2, -0.15) is 0 Å². The molecular weight excluding hydrogens is 271 g/mol. The molecule has 0 bridgehead atoms. The molecule has 0 aromatic rings. The van der Waals surface area contributed by atoms with Gasteiger partial charge in [-0.25, -0.2) is 9.59 Å². The van der Waals surface area contributed by atoms with Crippen molar-refractivity contribution in [3.05, 3.63) is 24.3 Å². The fraction of sp³-hybridized carbons (Fsp3) is 0.500. The summed E-state index contributed by atoms with van der Waals surface area (Å²) in [6.07, 6.45) is 0.0861. The van der Waals surface area contributed by atoms with Gasteiger partial charge >= 0.3 is 20.0 Å². The predicted molar refractivity (Wildman–Crippen MR) is 70.0 cm³/mol. The molecule has 1 unspecified atom stereocenters. The minimum Gasteiger partial charge on any atom is -0.460 e. The molecule has 0 aliphatic heterocycles. The van der Waals surface area contributed by atoms with Crippen LogP contribution in [0.1, 0.15) is 13.8 Å². The smallest absolute Gasteiger partial charge is 0.460 e. The maximum atomic E-state index is 11.3. The molecule has 0 saturated carbocycles. The topological polar surface area (TPSA) is 78.9 Å². The molecule has 0 aromatic carbocycles. The van der Waals surface area contributed by atoms with Crippen LogP contribution in [0.4, 0.5) is 0 Å². The monoisotopic (exact) mass is 289 g/mol. The number of carbonyl (C=O) groups excluding carboxylic acids is 2. The molecule has 0 radical (unpaired) electrons. The average Bonchev–Trinajstić information content (AvgIpc) is 2.33. The van der Waals surface area contributed by atoms with E-state index in [1.165, 1.54) is 13.8 Å². The van der Waals surface area contributed by atoms with Gasteiger partial charge in [0.05, 0.1) is 0 Å². The van der Waals surface area contributed by atoms with Crippen molar-refractivity contribution >= 4 is 20.0 Å². The quantitative estimate of drug-likeness (QED) is 0.279. The highest BCUT2D eigenvalue weighted by Gasteiger charge is 2.18. The molecule has 0 rings (SSSR count). The summed E-state index contributed by atoms with van der Waals surface area (Å²) in [6, 6.07) is 0. The van der Waals surface area contributed by atoms with Gasteiger partial charge in [0.15, 0.2) is 0 Å². The van der Waals surface area contributed by atoms with Gasteiger partial charge in [0, 0.05) is 11.1 Å². The maximum Gasteiger partial charge on any atom is 0.511 e. The van der Waals surface area contributed by atoms with Crippen LogP contribution in [0.15, 0.2) is 24.3 Å². The summed E-state index contributed by atoms with van der Waals surface area (Å²) < 4.78 is 25.7. The zero-order valence-corrected chi connectivity index (χ0v) is 12.0.